The molecule has 2 unspecified atom stereocenters. The fraction of sp³-hybridized carbons (Fsp3) is 0.900. The zero-order valence-corrected chi connectivity index (χ0v) is 9.93. The highest BCUT2D eigenvalue weighted by Gasteiger charge is 2.27. The Labute approximate surface area is 95.0 Å². The van der Waals surface area contributed by atoms with E-state index < -0.39 is 0 Å². The quantitative estimate of drug-likeness (QED) is 0.555. The molecule has 15 heavy (non-hydrogen) atoms. The fourth-order valence-electron chi connectivity index (χ4n) is 1.27. The molecule has 5 heteroatoms. The molecule has 1 amide bonds. The van der Waals surface area contributed by atoms with Crippen LogP contribution in [0.1, 0.15) is 26.2 Å². The van der Waals surface area contributed by atoms with E-state index >= 15 is 0 Å². The van der Waals surface area contributed by atoms with Gasteiger partial charge < -0.3 is 16.2 Å². The molecule has 88 valence electrons. The van der Waals surface area contributed by atoms with Gasteiger partial charge in [-0.05, 0) is 19.3 Å². The topological polar surface area (TPSA) is 75.3 Å². The second-order valence-corrected chi connectivity index (χ2v) is 5.52. The van der Waals surface area contributed by atoms with Crippen molar-refractivity contribution in [3.05, 3.63) is 0 Å². The van der Waals surface area contributed by atoms with Crippen molar-refractivity contribution in [1.82, 2.24) is 5.32 Å². The van der Waals surface area contributed by atoms with Gasteiger partial charge in [0.15, 0.2) is 0 Å². The minimum atomic E-state index is -0.273. The maximum atomic E-state index is 11.1. The van der Waals surface area contributed by atoms with Gasteiger partial charge in [0.2, 0.25) is 5.91 Å². The van der Waals surface area contributed by atoms with E-state index in [2.05, 4.69) is 12.2 Å². The number of amides is 1. The van der Waals surface area contributed by atoms with Gasteiger partial charge in [-0.2, -0.15) is 11.8 Å². The lowest BCUT2D eigenvalue weighted by Crippen LogP contribution is -2.44. The Morgan fingerprint density at radius 1 is 1.67 bits per heavy atom. The molecule has 0 spiro atoms. The second kappa shape index (κ2) is 6.35. The summed E-state index contributed by atoms with van der Waals surface area (Å²) in [5.74, 6) is 0.429. The van der Waals surface area contributed by atoms with Crippen molar-refractivity contribution < 1.29 is 9.90 Å². The van der Waals surface area contributed by atoms with Crippen LogP contribution in [0.5, 0.6) is 0 Å². The molecular formula is C10H20N2O2S. The lowest BCUT2D eigenvalue weighted by atomic mass is 10.3. The lowest BCUT2D eigenvalue weighted by Gasteiger charge is -2.17. The van der Waals surface area contributed by atoms with Gasteiger partial charge in [-0.1, -0.05) is 6.92 Å². The van der Waals surface area contributed by atoms with E-state index in [1.807, 2.05) is 0 Å². The largest absolute Gasteiger partial charge is 0.396 e. The molecule has 0 aliphatic heterocycles. The average Bonchev–Trinajstić information content (AvgIpc) is 2.95. The van der Waals surface area contributed by atoms with Gasteiger partial charge in [-0.15, -0.1) is 0 Å². The van der Waals surface area contributed by atoms with Crippen LogP contribution in [0.2, 0.25) is 0 Å². The number of nitrogens with one attached hydrogen (secondary N) is 1. The summed E-state index contributed by atoms with van der Waals surface area (Å²) in [5, 5.41) is 12.3. The minimum absolute atomic E-state index is 0.200. The lowest BCUT2D eigenvalue weighted by molar-refractivity contribution is -0.119. The van der Waals surface area contributed by atoms with Crippen LogP contribution < -0.4 is 11.1 Å². The van der Waals surface area contributed by atoms with Crippen LogP contribution >= 0.6 is 11.8 Å². The number of aliphatic hydroxyl groups excluding tert-OH is 1. The fourth-order valence-corrected chi connectivity index (χ4v) is 2.33. The number of hydrogen-bond acceptors (Lipinski definition) is 4. The summed E-state index contributed by atoms with van der Waals surface area (Å²) in [7, 11) is 0. The van der Waals surface area contributed by atoms with Crippen molar-refractivity contribution in [3.8, 4) is 0 Å². The van der Waals surface area contributed by atoms with Crippen LogP contribution in [0.25, 0.3) is 0 Å². The summed E-state index contributed by atoms with van der Waals surface area (Å²) in [6.45, 7) is 2.25. The molecule has 0 radical (unpaired) electrons. The molecule has 1 aliphatic carbocycles. The van der Waals surface area contributed by atoms with Crippen molar-refractivity contribution in [3.63, 3.8) is 0 Å². The van der Waals surface area contributed by atoms with Gasteiger partial charge in [0, 0.05) is 23.7 Å². The van der Waals surface area contributed by atoms with Gasteiger partial charge in [0.1, 0.15) is 0 Å². The molecule has 0 aromatic rings. The van der Waals surface area contributed by atoms with E-state index in [9.17, 15) is 4.79 Å². The first-order valence-electron chi connectivity index (χ1n) is 5.41. The van der Waals surface area contributed by atoms with E-state index in [1.54, 1.807) is 11.8 Å². The third-order valence-corrected chi connectivity index (χ3v) is 3.77. The molecule has 1 fully saturated rings. The Bertz CT molecular complexity index is 210. The molecule has 2 atom stereocenters. The number of thioether (sulfide) groups is 1. The predicted molar refractivity (Wildman–Crippen MR) is 62.8 cm³/mol. The van der Waals surface area contributed by atoms with Gasteiger partial charge in [0.05, 0.1) is 6.04 Å². The standard InChI is InChI=1S/C10H20N2O2S/c1-7(4-5-13)15-6-9(10(11)14)12-8-2-3-8/h7-9,12-13H,2-6H2,1H3,(H2,11,14). The Hall–Kier alpha value is -0.260. The zero-order valence-electron chi connectivity index (χ0n) is 9.11. The van der Waals surface area contributed by atoms with Crippen molar-refractivity contribution in [2.24, 2.45) is 5.73 Å². The molecule has 4 N–H and O–H groups in total. The number of carbonyl (C=O) groups is 1. The molecule has 0 saturated heterocycles. The number of hydrogen-bond donors (Lipinski definition) is 3. The summed E-state index contributed by atoms with van der Waals surface area (Å²) in [6.07, 6.45) is 3.07. The Morgan fingerprint density at radius 3 is 2.80 bits per heavy atom. The average molecular weight is 232 g/mol. The summed E-state index contributed by atoms with van der Waals surface area (Å²) >= 11 is 1.68. The number of nitrogens with two attached hydrogens (primary N) is 1. The Balaban J connectivity index is 2.21. The third kappa shape index (κ3) is 5.39. The van der Waals surface area contributed by atoms with E-state index in [0.29, 0.717) is 17.0 Å². The van der Waals surface area contributed by atoms with Crippen molar-refractivity contribution >= 4 is 17.7 Å². The number of carbonyl (C=O) groups excluding carboxylic acids is 1. The van der Waals surface area contributed by atoms with Crippen LogP contribution in [0.3, 0.4) is 0 Å². The van der Waals surface area contributed by atoms with Gasteiger partial charge >= 0.3 is 0 Å². The molecule has 0 bridgehead atoms. The van der Waals surface area contributed by atoms with Gasteiger partial charge in [-0.25, -0.2) is 0 Å². The van der Waals surface area contributed by atoms with Crippen LogP contribution in [0, 0.1) is 0 Å². The molecule has 4 nitrogen and oxygen atoms in total. The van der Waals surface area contributed by atoms with E-state index in [-0.39, 0.29) is 18.6 Å². The van der Waals surface area contributed by atoms with E-state index in [0.717, 1.165) is 19.3 Å². The molecular weight excluding hydrogens is 212 g/mol. The monoisotopic (exact) mass is 232 g/mol. The molecule has 0 aromatic carbocycles. The smallest absolute Gasteiger partial charge is 0.235 e. The number of primary amides is 1. The summed E-state index contributed by atoms with van der Waals surface area (Å²) in [4.78, 5) is 11.1. The summed E-state index contributed by atoms with van der Waals surface area (Å²) < 4.78 is 0. The first-order chi connectivity index (χ1) is 7.13. The van der Waals surface area contributed by atoms with Crippen LogP contribution in [-0.2, 0) is 4.79 Å². The molecule has 0 heterocycles. The Kier molecular flexibility index (Phi) is 5.42. The van der Waals surface area contributed by atoms with Gasteiger partial charge in [0.25, 0.3) is 0 Å². The summed E-state index contributed by atoms with van der Waals surface area (Å²) in [6, 6.07) is 0.278. The highest BCUT2D eigenvalue weighted by Crippen LogP contribution is 2.21. The van der Waals surface area contributed by atoms with E-state index in [1.165, 1.54) is 0 Å². The highest BCUT2D eigenvalue weighted by atomic mass is 32.2. The van der Waals surface area contributed by atoms with Crippen molar-refractivity contribution in [1.29, 1.82) is 0 Å². The van der Waals surface area contributed by atoms with E-state index in [4.69, 9.17) is 10.8 Å². The first-order valence-corrected chi connectivity index (χ1v) is 6.46. The second-order valence-electron chi connectivity index (χ2n) is 4.05. The molecule has 1 aliphatic rings. The maximum Gasteiger partial charge on any atom is 0.235 e. The van der Waals surface area contributed by atoms with Gasteiger partial charge in [-0.3, -0.25) is 4.79 Å². The number of aliphatic hydroxyl groups is 1. The molecule has 0 aromatic heterocycles. The molecule has 1 rings (SSSR count). The third-order valence-electron chi connectivity index (χ3n) is 2.44. The van der Waals surface area contributed by atoms with Crippen molar-refractivity contribution in [2.45, 2.75) is 43.5 Å². The van der Waals surface area contributed by atoms with Crippen LogP contribution in [0.15, 0.2) is 0 Å². The molecule has 1 saturated carbocycles. The minimum Gasteiger partial charge on any atom is -0.396 e. The first kappa shape index (κ1) is 12.8. The Morgan fingerprint density at radius 2 is 2.33 bits per heavy atom. The maximum absolute atomic E-state index is 11.1. The normalized spacial score (nSPS) is 19.9. The number of rotatable bonds is 8. The SMILES string of the molecule is CC(CCO)SCC(NC1CC1)C(N)=O. The predicted octanol–water partition coefficient (Wildman–Crippen LogP) is 0.0964. The zero-order chi connectivity index (χ0) is 11.3. The summed E-state index contributed by atoms with van der Waals surface area (Å²) in [5.41, 5.74) is 5.31. The van der Waals surface area contributed by atoms with Crippen LogP contribution in [0.4, 0.5) is 0 Å². The van der Waals surface area contributed by atoms with Crippen LogP contribution in [-0.4, -0.2) is 40.7 Å². The highest BCUT2D eigenvalue weighted by molar-refractivity contribution is 7.99. The van der Waals surface area contributed by atoms with Crippen molar-refractivity contribution in [2.75, 3.05) is 12.4 Å².